The molecule has 0 radical (unpaired) electrons. The zero-order valence-corrected chi connectivity index (χ0v) is 14.1. The Kier molecular flexibility index (Phi) is 6.41. The van der Waals surface area contributed by atoms with E-state index in [1.807, 2.05) is 18.2 Å². The lowest BCUT2D eigenvalue weighted by Gasteiger charge is -2.14. The van der Waals surface area contributed by atoms with E-state index in [2.05, 4.69) is 24.0 Å². The first kappa shape index (κ1) is 17.4. The summed E-state index contributed by atoms with van der Waals surface area (Å²) in [5.74, 6) is 0. The summed E-state index contributed by atoms with van der Waals surface area (Å²) in [5.41, 5.74) is 1.26. The smallest absolute Gasteiger partial charge is 0.269 e. The van der Waals surface area contributed by atoms with Crippen molar-refractivity contribution >= 4 is 10.1 Å². The molecule has 1 aromatic carbocycles. The van der Waals surface area contributed by atoms with Gasteiger partial charge in [-0.1, -0.05) is 62.9 Å². The Hall–Kier alpha value is -0.910. The molecular formula is C17H27NO3S. The van der Waals surface area contributed by atoms with Crippen LogP contribution in [0.25, 0.3) is 0 Å². The van der Waals surface area contributed by atoms with Crippen LogP contribution in [0.5, 0.6) is 0 Å². The van der Waals surface area contributed by atoms with E-state index in [0.717, 1.165) is 45.2 Å². The second-order valence-electron chi connectivity index (χ2n) is 6.20. The van der Waals surface area contributed by atoms with E-state index in [4.69, 9.17) is 0 Å². The summed E-state index contributed by atoms with van der Waals surface area (Å²) < 4.78 is 32.7. The number of hydrogen-bond acceptors (Lipinski definition) is 3. The van der Waals surface area contributed by atoms with Gasteiger partial charge in [0, 0.05) is 19.1 Å². The molecule has 4 nitrogen and oxygen atoms in total. The molecule has 2 rings (SSSR count). The minimum Gasteiger partial charge on any atom is -0.296 e. The summed E-state index contributed by atoms with van der Waals surface area (Å²) in [5, 5.41) is -0.611. The minimum atomic E-state index is -3.95. The molecule has 0 aromatic heterocycles. The van der Waals surface area contributed by atoms with Crippen LogP contribution in [0.15, 0.2) is 30.3 Å². The number of rotatable bonds is 10. The third kappa shape index (κ3) is 5.38. The molecule has 3 unspecified atom stereocenters. The maximum atomic E-state index is 11.6. The summed E-state index contributed by atoms with van der Waals surface area (Å²) in [6.07, 6.45) is 5.67. The monoisotopic (exact) mass is 325 g/mol. The minimum absolute atomic E-state index is 0.000314. The average Bonchev–Trinajstić information content (AvgIpc) is 3.24. The summed E-state index contributed by atoms with van der Waals surface area (Å²) in [7, 11) is -3.95. The van der Waals surface area contributed by atoms with Gasteiger partial charge in [-0.15, -0.1) is 0 Å². The predicted molar refractivity (Wildman–Crippen MR) is 89.6 cm³/mol. The van der Waals surface area contributed by atoms with E-state index < -0.39 is 15.4 Å². The van der Waals surface area contributed by atoms with Crippen molar-refractivity contribution in [3.8, 4) is 0 Å². The normalized spacial score (nSPS) is 22.5. The van der Waals surface area contributed by atoms with Crippen LogP contribution in [-0.2, 0) is 16.5 Å². The second-order valence-corrected chi connectivity index (χ2v) is 7.84. The van der Waals surface area contributed by atoms with Gasteiger partial charge in [0.05, 0.1) is 0 Å². The Morgan fingerprint density at radius 1 is 1.23 bits per heavy atom. The van der Waals surface area contributed by atoms with Gasteiger partial charge in [0.2, 0.25) is 0 Å². The fourth-order valence-electron chi connectivity index (χ4n) is 3.03. The summed E-state index contributed by atoms with van der Waals surface area (Å²) >= 11 is 0. The largest absolute Gasteiger partial charge is 0.296 e. The molecule has 1 heterocycles. The highest BCUT2D eigenvalue weighted by Gasteiger charge is 2.45. The second kappa shape index (κ2) is 8.09. The van der Waals surface area contributed by atoms with Crippen LogP contribution in [0.4, 0.5) is 0 Å². The Bertz CT molecular complexity index is 544. The quantitative estimate of drug-likeness (QED) is 0.408. The molecule has 0 aliphatic carbocycles. The summed E-state index contributed by atoms with van der Waals surface area (Å²) in [6, 6.07) is 10.2. The standard InChI is InChI=1S/C17H27NO3S/c1-2-3-4-8-11-17(22(19,20)21)16-14-18(16)13-12-15-9-6-5-7-10-15/h5-7,9-10,16-17H,2-4,8,11-14H2,1H3,(H,19,20,21). The van der Waals surface area contributed by atoms with Gasteiger partial charge < -0.3 is 0 Å². The maximum Gasteiger partial charge on any atom is 0.269 e. The zero-order chi connectivity index (χ0) is 16.0. The van der Waals surface area contributed by atoms with Crippen LogP contribution in [0, 0.1) is 0 Å². The van der Waals surface area contributed by atoms with E-state index in [0.29, 0.717) is 6.42 Å². The van der Waals surface area contributed by atoms with Crippen LogP contribution < -0.4 is 0 Å². The van der Waals surface area contributed by atoms with E-state index in [-0.39, 0.29) is 6.04 Å². The lowest BCUT2D eigenvalue weighted by atomic mass is 10.1. The SMILES string of the molecule is CCCCCCC(C1CN1CCc1ccccc1)S(=O)(=O)O. The molecule has 1 aliphatic rings. The molecule has 1 aromatic rings. The highest BCUT2D eigenvalue weighted by Crippen LogP contribution is 2.29. The predicted octanol–water partition coefficient (Wildman–Crippen LogP) is 3.14. The zero-order valence-electron chi connectivity index (χ0n) is 13.3. The van der Waals surface area contributed by atoms with Gasteiger partial charge in [-0.05, 0) is 18.4 Å². The molecule has 1 fully saturated rings. The topological polar surface area (TPSA) is 57.4 Å². The van der Waals surface area contributed by atoms with Crippen molar-refractivity contribution < 1.29 is 13.0 Å². The van der Waals surface area contributed by atoms with Crippen molar-refractivity contribution in [3.63, 3.8) is 0 Å². The fourth-order valence-corrected chi connectivity index (χ4v) is 4.15. The van der Waals surface area contributed by atoms with Gasteiger partial charge in [0.25, 0.3) is 10.1 Å². The highest BCUT2D eigenvalue weighted by atomic mass is 32.2. The van der Waals surface area contributed by atoms with Crippen LogP contribution in [0.1, 0.15) is 44.6 Å². The lowest BCUT2D eigenvalue weighted by Crippen LogP contribution is -2.29. The number of benzene rings is 1. The van der Waals surface area contributed by atoms with Gasteiger partial charge in [-0.2, -0.15) is 8.42 Å². The van der Waals surface area contributed by atoms with Crippen molar-refractivity contribution in [1.29, 1.82) is 0 Å². The van der Waals surface area contributed by atoms with Crippen molar-refractivity contribution in [3.05, 3.63) is 35.9 Å². The lowest BCUT2D eigenvalue weighted by molar-refractivity contribution is 0.427. The highest BCUT2D eigenvalue weighted by molar-refractivity contribution is 7.86. The molecule has 0 bridgehead atoms. The molecule has 0 spiro atoms. The van der Waals surface area contributed by atoms with Gasteiger partial charge in [-0.25, -0.2) is 0 Å². The Labute approximate surface area is 134 Å². The molecule has 22 heavy (non-hydrogen) atoms. The van der Waals surface area contributed by atoms with Crippen molar-refractivity contribution in [2.75, 3.05) is 13.1 Å². The molecule has 3 atom stereocenters. The Morgan fingerprint density at radius 3 is 2.59 bits per heavy atom. The number of hydrogen-bond donors (Lipinski definition) is 1. The van der Waals surface area contributed by atoms with Gasteiger partial charge in [0.1, 0.15) is 5.25 Å². The average molecular weight is 325 g/mol. The third-order valence-corrected chi connectivity index (χ3v) is 5.76. The van der Waals surface area contributed by atoms with Crippen LogP contribution in [0.2, 0.25) is 0 Å². The van der Waals surface area contributed by atoms with E-state index in [1.54, 1.807) is 0 Å². The maximum absolute atomic E-state index is 11.6. The summed E-state index contributed by atoms with van der Waals surface area (Å²) in [4.78, 5) is 2.16. The molecule has 5 heteroatoms. The first-order valence-electron chi connectivity index (χ1n) is 8.26. The molecule has 0 amide bonds. The third-order valence-electron chi connectivity index (χ3n) is 4.44. The Balaban J connectivity index is 1.80. The van der Waals surface area contributed by atoms with E-state index in [9.17, 15) is 13.0 Å². The van der Waals surface area contributed by atoms with Crippen LogP contribution in [0.3, 0.4) is 0 Å². The first-order chi connectivity index (χ1) is 10.5. The molecule has 1 saturated heterocycles. The fraction of sp³-hybridized carbons (Fsp3) is 0.647. The van der Waals surface area contributed by atoms with Gasteiger partial charge in [-0.3, -0.25) is 9.45 Å². The molecule has 124 valence electrons. The summed E-state index contributed by atoms with van der Waals surface area (Å²) in [6.45, 7) is 3.77. The van der Waals surface area contributed by atoms with Gasteiger partial charge in [0.15, 0.2) is 0 Å². The molecular weight excluding hydrogens is 298 g/mol. The molecule has 0 saturated carbocycles. The van der Waals surface area contributed by atoms with Crippen LogP contribution in [-0.4, -0.2) is 42.3 Å². The van der Waals surface area contributed by atoms with Gasteiger partial charge >= 0.3 is 0 Å². The number of nitrogens with zero attached hydrogens (tertiary/aromatic N) is 1. The number of unbranched alkanes of at least 4 members (excludes halogenated alkanes) is 3. The van der Waals surface area contributed by atoms with Crippen molar-refractivity contribution in [2.24, 2.45) is 0 Å². The van der Waals surface area contributed by atoms with Crippen molar-refractivity contribution in [1.82, 2.24) is 4.90 Å². The van der Waals surface area contributed by atoms with E-state index >= 15 is 0 Å². The van der Waals surface area contributed by atoms with Crippen LogP contribution >= 0.6 is 0 Å². The Morgan fingerprint density at radius 2 is 1.95 bits per heavy atom. The molecule has 1 N–H and O–H groups in total. The first-order valence-corrected chi connectivity index (χ1v) is 9.77. The van der Waals surface area contributed by atoms with E-state index in [1.165, 1.54) is 5.56 Å². The molecule has 1 aliphatic heterocycles. The van der Waals surface area contributed by atoms with Crippen molar-refractivity contribution in [2.45, 2.75) is 56.7 Å².